The maximum atomic E-state index is 9.55. The first kappa shape index (κ1) is 13.0. The second kappa shape index (κ2) is 4.86. The van der Waals surface area contributed by atoms with Crippen molar-refractivity contribution in [2.75, 3.05) is 0 Å². The molecular weight excluding hydrogens is 184 g/mol. The first-order valence-electron chi connectivity index (χ1n) is 6.59. The molecule has 0 amide bonds. The van der Waals surface area contributed by atoms with Gasteiger partial charge in [0, 0.05) is 0 Å². The average Bonchev–Trinajstić information content (AvgIpc) is 2.41. The summed E-state index contributed by atoms with van der Waals surface area (Å²) in [6.45, 7) is 9.33. The number of hydrogen-bond donors (Lipinski definition) is 1. The van der Waals surface area contributed by atoms with Crippen LogP contribution in [0, 0.1) is 10.8 Å². The van der Waals surface area contributed by atoms with Gasteiger partial charge in [0.2, 0.25) is 0 Å². The summed E-state index contributed by atoms with van der Waals surface area (Å²) in [7, 11) is 0. The van der Waals surface area contributed by atoms with Gasteiger partial charge in [0.25, 0.3) is 0 Å². The Balaban J connectivity index is 2.37. The number of aliphatic hydroxyl groups excluding tert-OH is 1. The lowest BCUT2D eigenvalue weighted by atomic mass is 9.66. The third-order valence-electron chi connectivity index (χ3n) is 4.90. The summed E-state index contributed by atoms with van der Waals surface area (Å²) in [4.78, 5) is 0. The van der Waals surface area contributed by atoms with Crippen LogP contribution in [0.3, 0.4) is 0 Å². The van der Waals surface area contributed by atoms with Gasteiger partial charge in [-0.25, -0.2) is 0 Å². The van der Waals surface area contributed by atoms with Gasteiger partial charge in [-0.15, -0.1) is 0 Å². The Morgan fingerprint density at radius 1 is 1.20 bits per heavy atom. The van der Waals surface area contributed by atoms with E-state index >= 15 is 0 Å². The molecule has 15 heavy (non-hydrogen) atoms. The highest BCUT2D eigenvalue weighted by atomic mass is 16.3. The summed E-state index contributed by atoms with van der Waals surface area (Å²) in [5.74, 6) is 0. The Morgan fingerprint density at radius 3 is 2.33 bits per heavy atom. The molecule has 90 valence electrons. The van der Waals surface area contributed by atoms with Crippen molar-refractivity contribution in [2.24, 2.45) is 10.8 Å². The molecule has 0 aromatic carbocycles. The van der Waals surface area contributed by atoms with Crippen LogP contribution < -0.4 is 0 Å². The van der Waals surface area contributed by atoms with Crippen molar-refractivity contribution in [3.8, 4) is 0 Å². The van der Waals surface area contributed by atoms with Gasteiger partial charge in [-0.3, -0.25) is 0 Å². The van der Waals surface area contributed by atoms with Gasteiger partial charge in [-0.1, -0.05) is 40.5 Å². The van der Waals surface area contributed by atoms with Crippen LogP contribution in [0.2, 0.25) is 0 Å². The second-order valence-corrected chi connectivity index (χ2v) is 6.25. The van der Waals surface area contributed by atoms with Crippen LogP contribution in [-0.4, -0.2) is 11.2 Å². The van der Waals surface area contributed by atoms with Crippen LogP contribution in [0.4, 0.5) is 0 Å². The van der Waals surface area contributed by atoms with E-state index in [2.05, 4.69) is 27.7 Å². The Hall–Kier alpha value is -0.0400. The molecule has 1 heteroatoms. The average molecular weight is 212 g/mol. The zero-order valence-corrected chi connectivity index (χ0v) is 11.0. The van der Waals surface area contributed by atoms with E-state index in [1.54, 1.807) is 0 Å². The number of hydrogen-bond acceptors (Lipinski definition) is 1. The first-order valence-corrected chi connectivity index (χ1v) is 6.59. The molecule has 0 saturated heterocycles. The molecule has 0 heterocycles. The molecule has 0 aromatic rings. The zero-order chi connectivity index (χ0) is 11.5. The van der Waals surface area contributed by atoms with E-state index in [1.165, 1.54) is 32.1 Å². The Morgan fingerprint density at radius 2 is 1.87 bits per heavy atom. The van der Waals surface area contributed by atoms with Crippen LogP contribution in [0.1, 0.15) is 72.6 Å². The van der Waals surface area contributed by atoms with Crippen LogP contribution >= 0.6 is 0 Å². The van der Waals surface area contributed by atoms with Gasteiger partial charge in [0.15, 0.2) is 0 Å². The molecule has 0 aromatic heterocycles. The van der Waals surface area contributed by atoms with E-state index in [1.807, 2.05) is 0 Å². The summed E-state index contributed by atoms with van der Waals surface area (Å²) in [6.07, 6.45) is 8.44. The van der Waals surface area contributed by atoms with E-state index < -0.39 is 0 Å². The van der Waals surface area contributed by atoms with Crippen molar-refractivity contribution < 1.29 is 5.11 Å². The topological polar surface area (TPSA) is 20.2 Å². The molecule has 0 spiro atoms. The van der Waals surface area contributed by atoms with Crippen molar-refractivity contribution in [3.63, 3.8) is 0 Å². The Kier molecular flexibility index (Phi) is 4.22. The highest BCUT2D eigenvalue weighted by molar-refractivity contribution is 4.94. The molecule has 0 aliphatic heterocycles. The van der Waals surface area contributed by atoms with E-state index in [4.69, 9.17) is 0 Å². The third kappa shape index (κ3) is 2.96. The van der Waals surface area contributed by atoms with E-state index in [9.17, 15) is 5.11 Å². The van der Waals surface area contributed by atoms with Gasteiger partial charge in [-0.05, 0) is 42.9 Å². The minimum Gasteiger partial charge on any atom is -0.393 e. The largest absolute Gasteiger partial charge is 0.393 e. The first-order chi connectivity index (χ1) is 6.91. The fourth-order valence-corrected chi connectivity index (χ4v) is 2.96. The predicted octanol–water partition coefficient (Wildman–Crippen LogP) is 4.14. The minimum atomic E-state index is -0.0712. The van der Waals surface area contributed by atoms with Crippen LogP contribution in [0.25, 0.3) is 0 Å². The molecule has 0 radical (unpaired) electrons. The van der Waals surface area contributed by atoms with Gasteiger partial charge >= 0.3 is 0 Å². The smallest absolute Gasteiger partial charge is 0.0537 e. The van der Waals surface area contributed by atoms with Crippen molar-refractivity contribution in [1.29, 1.82) is 0 Å². The van der Waals surface area contributed by atoms with Crippen molar-refractivity contribution in [1.82, 2.24) is 0 Å². The van der Waals surface area contributed by atoms with E-state index in [-0.39, 0.29) is 6.10 Å². The standard InChI is InChI=1S/C14H28O/c1-5-12(15)8-6-10-14(4)11-7-9-13(14,2)3/h12,15H,5-11H2,1-4H3. The molecule has 1 rings (SSSR count). The van der Waals surface area contributed by atoms with Gasteiger partial charge in [0.05, 0.1) is 6.10 Å². The van der Waals surface area contributed by atoms with Gasteiger partial charge in [-0.2, -0.15) is 0 Å². The molecule has 1 aliphatic carbocycles. The number of aliphatic hydroxyl groups is 1. The van der Waals surface area contributed by atoms with E-state index in [0.717, 1.165) is 12.8 Å². The van der Waals surface area contributed by atoms with Crippen molar-refractivity contribution >= 4 is 0 Å². The van der Waals surface area contributed by atoms with E-state index in [0.29, 0.717) is 10.8 Å². The van der Waals surface area contributed by atoms with Crippen molar-refractivity contribution in [3.05, 3.63) is 0 Å². The summed E-state index contributed by atoms with van der Waals surface area (Å²) >= 11 is 0. The van der Waals surface area contributed by atoms with Crippen molar-refractivity contribution in [2.45, 2.75) is 78.7 Å². The fraction of sp³-hybridized carbons (Fsp3) is 1.00. The molecule has 1 N–H and O–H groups in total. The highest BCUT2D eigenvalue weighted by Crippen LogP contribution is 2.54. The van der Waals surface area contributed by atoms with Gasteiger partial charge < -0.3 is 5.11 Å². The lowest BCUT2D eigenvalue weighted by molar-refractivity contribution is 0.100. The second-order valence-electron chi connectivity index (χ2n) is 6.25. The third-order valence-corrected chi connectivity index (χ3v) is 4.90. The molecule has 0 bridgehead atoms. The highest BCUT2D eigenvalue weighted by Gasteiger charge is 2.44. The maximum Gasteiger partial charge on any atom is 0.0537 e. The molecule has 1 aliphatic rings. The summed E-state index contributed by atoms with van der Waals surface area (Å²) in [5, 5.41) is 9.55. The Bertz CT molecular complexity index is 198. The lowest BCUT2D eigenvalue weighted by Crippen LogP contribution is -2.29. The zero-order valence-electron chi connectivity index (χ0n) is 11.0. The minimum absolute atomic E-state index is 0.0712. The molecule has 2 atom stereocenters. The maximum absolute atomic E-state index is 9.55. The fourth-order valence-electron chi connectivity index (χ4n) is 2.96. The predicted molar refractivity (Wildman–Crippen MR) is 65.9 cm³/mol. The summed E-state index contributed by atoms with van der Waals surface area (Å²) < 4.78 is 0. The summed E-state index contributed by atoms with van der Waals surface area (Å²) in [5.41, 5.74) is 1.02. The SMILES string of the molecule is CCC(O)CCCC1(C)CCCC1(C)C. The molecule has 2 unspecified atom stereocenters. The summed E-state index contributed by atoms with van der Waals surface area (Å²) in [6, 6.07) is 0. The van der Waals surface area contributed by atoms with Gasteiger partial charge in [0.1, 0.15) is 0 Å². The normalized spacial score (nSPS) is 31.8. The lowest BCUT2D eigenvalue weighted by Gasteiger charge is -2.39. The quantitative estimate of drug-likeness (QED) is 0.726. The molecule has 1 fully saturated rings. The van der Waals surface area contributed by atoms with Crippen LogP contribution in [0.15, 0.2) is 0 Å². The van der Waals surface area contributed by atoms with Crippen LogP contribution in [0.5, 0.6) is 0 Å². The van der Waals surface area contributed by atoms with Crippen LogP contribution in [-0.2, 0) is 0 Å². The molecule has 1 nitrogen and oxygen atoms in total. The monoisotopic (exact) mass is 212 g/mol. The number of rotatable bonds is 5. The molecular formula is C14H28O. The molecule has 1 saturated carbocycles. The Labute approximate surface area is 95.3 Å².